The van der Waals surface area contributed by atoms with Gasteiger partial charge in [-0.15, -0.1) is 0 Å². The van der Waals surface area contributed by atoms with Crippen molar-refractivity contribution in [1.29, 1.82) is 0 Å². The predicted molar refractivity (Wildman–Crippen MR) is 73.9 cm³/mol. The zero-order chi connectivity index (χ0) is 12.9. The van der Waals surface area contributed by atoms with Gasteiger partial charge in [0, 0.05) is 5.69 Å². The second-order valence-electron chi connectivity index (χ2n) is 6.44. The first kappa shape index (κ1) is 11.4. The molecule has 19 heavy (non-hydrogen) atoms. The molecule has 3 aliphatic carbocycles. The summed E-state index contributed by atoms with van der Waals surface area (Å²) in [5.41, 5.74) is 3.43. The van der Waals surface area contributed by atoms with Crippen LogP contribution >= 0.6 is 0 Å². The van der Waals surface area contributed by atoms with Crippen molar-refractivity contribution in [2.45, 2.75) is 51.4 Å². The number of anilines is 1. The molecule has 1 N–H and O–H groups in total. The van der Waals surface area contributed by atoms with Gasteiger partial charge < -0.3 is 5.32 Å². The Morgan fingerprint density at radius 3 is 3.16 bits per heavy atom. The summed E-state index contributed by atoms with van der Waals surface area (Å²) in [5.74, 6) is 0.903. The lowest BCUT2D eigenvalue weighted by atomic mass is 9.87. The maximum absolute atomic E-state index is 12.5. The van der Waals surface area contributed by atoms with Crippen LogP contribution in [-0.2, 0) is 17.6 Å². The van der Waals surface area contributed by atoms with E-state index in [9.17, 15) is 4.79 Å². The van der Waals surface area contributed by atoms with Crippen LogP contribution in [0.3, 0.4) is 0 Å². The van der Waals surface area contributed by atoms with Crippen molar-refractivity contribution in [2.24, 2.45) is 11.3 Å². The van der Waals surface area contributed by atoms with Crippen molar-refractivity contribution in [2.75, 3.05) is 5.32 Å². The summed E-state index contributed by atoms with van der Waals surface area (Å²) in [6.07, 6.45) is 11.2. The summed E-state index contributed by atoms with van der Waals surface area (Å²) in [6.45, 7) is 0. The fourth-order valence-electron chi connectivity index (χ4n) is 4.04. The van der Waals surface area contributed by atoms with Crippen LogP contribution < -0.4 is 5.32 Å². The van der Waals surface area contributed by atoms with E-state index in [1.54, 1.807) is 0 Å². The van der Waals surface area contributed by atoms with Gasteiger partial charge in [-0.25, -0.2) is 0 Å². The normalized spacial score (nSPS) is 31.5. The Hall–Kier alpha value is -1.38. The highest BCUT2D eigenvalue weighted by Crippen LogP contribution is 2.61. The first-order valence-electron chi connectivity index (χ1n) is 7.57. The maximum atomic E-state index is 12.5. The highest BCUT2D eigenvalue weighted by Gasteiger charge is 2.59. The topological polar surface area (TPSA) is 42.0 Å². The Morgan fingerprint density at radius 1 is 1.32 bits per heavy atom. The number of rotatable bonds is 2. The Labute approximate surface area is 113 Å². The van der Waals surface area contributed by atoms with Gasteiger partial charge in [0.15, 0.2) is 0 Å². The minimum absolute atomic E-state index is 0.0166. The highest BCUT2D eigenvalue weighted by molar-refractivity contribution is 5.97. The number of aromatic nitrogens is 1. The molecule has 1 aromatic heterocycles. The molecule has 3 nitrogen and oxygen atoms in total. The fourth-order valence-corrected chi connectivity index (χ4v) is 4.04. The van der Waals surface area contributed by atoms with E-state index in [4.69, 9.17) is 0 Å². The molecule has 100 valence electrons. The SMILES string of the molecule is O=C(Nc1cnc2c(c1)CCC2)C12CCCCC1C2. The number of hydrogen-bond donors (Lipinski definition) is 1. The molecule has 1 heterocycles. The van der Waals surface area contributed by atoms with Crippen molar-refractivity contribution in [1.82, 2.24) is 4.98 Å². The van der Waals surface area contributed by atoms with Gasteiger partial charge in [0.1, 0.15) is 0 Å². The van der Waals surface area contributed by atoms with E-state index < -0.39 is 0 Å². The lowest BCUT2D eigenvalue weighted by Crippen LogP contribution is -2.27. The molecular weight excluding hydrogens is 236 g/mol. The molecule has 2 saturated carbocycles. The predicted octanol–water partition coefficient (Wildman–Crippen LogP) is 3.09. The molecule has 2 unspecified atom stereocenters. The van der Waals surface area contributed by atoms with Crippen molar-refractivity contribution >= 4 is 11.6 Å². The van der Waals surface area contributed by atoms with Gasteiger partial charge in [-0.05, 0) is 56.1 Å². The molecule has 3 heteroatoms. The third kappa shape index (κ3) is 1.78. The third-order valence-electron chi connectivity index (χ3n) is 5.29. The molecule has 0 radical (unpaired) electrons. The van der Waals surface area contributed by atoms with Gasteiger partial charge in [0.05, 0.1) is 17.3 Å². The number of carbonyl (C=O) groups is 1. The molecule has 4 rings (SSSR count). The molecule has 1 aromatic rings. The lowest BCUT2D eigenvalue weighted by Gasteiger charge is -2.21. The second kappa shape index (κ2) is 4.06. The van der Waals surface area contributed by atoms with E-state index in [-0.39, 0.29) is 11.3 Å². The van der Waals surface area contributed by atoms with Crippen molar-refractivity contribution in [3.8, 4) is 0 Å². The van der Waals surface area contributed by atoms with Crippen molar-refractivity contribution < 1.29 is 4.79 Å². The second-order valence-corrected chi connectivity index (χ2v) is 6.44. The Bertz CT molecular complexity index is 540. The highest BCUT2D eigenvalue weighted by atomic mass is 16.2. The molecule has 2 fully saturated rings. The number of pyridine rings is 1. The van der Waals surface area contributed by atoms with Gasteiger partial charge >= 0.3 is 0 Å². The zero-order valence-electron chi connectivity index (χ0n) is 11.2. The third-order valence-corrected chi connectivity index (χ3v) is 5.29. The van der Waals surface area contributed by atoms with Crippen LogP contribution in [0.5, 0.6) is 0 Å². The van der Waals surface area contributed by atoms with E-state index in [0.29, 0.717) is 5.92 Å². The number of fused-ring (bicyclic) bond motifs is 2. The average molecular weight is 256 g/mol. The van der Waals surface area contributed by atoms with E-state index in [2.05, 4.69) is 16.4 Å². The van der Waals surface area contributed by atoms with Crippen LogP contribution in [0.25, 0.3) is 0 Å². The van der Waals surface area contributed by atoms with Gasteiger partial charge in [-0.3, -0.25) is 9.78 Å². The Balaban J connectivity index is 1.51. The average Bonchev–Trinajstić information content (AvgIpc) is 3.01. The van der Waals surface area contributed by atoms with E-state index in [1.807, 2.05) is 6.20 Å². The Kier molecular flexibility index (Phi) is 2.44. The molecule has 0 aromatic carbocycles. The number of nitrogens with one attached hydrogen (secondary N) is 1. The van der Waals surface area contributed by atoms with Gasteiger partial charge in [0.25, 0.3) is 0 Å². The molecule has 2 atom stereocenters. The van der Waals surface area contributed by atoms with Gasteiger partial charge in [0.2, 0.25) is 5.91 Å². The number of amides is 1. The summed E-state index contributed by atoms with van der Waals surface area (Å²) in [7, 11) is 0. The number of hydrogen-bond acceptors (Lipinski definition) is 2. The smallest absolute Gasteiger partial charge is 0.230 e. The van der Waals surface area contributed by atoms with Crippen LogP contribution in [0, 0.1) is 11.3 Å². The Morgan fingerprint density at radius 2 is 2.26 bits per heavy atom. The van der Waals surface area contributed by atoms with Crippen LogP contribution in [0.15, 0.2) is 12.3 Å². The van der Waals surface area contributed by atoms with E-state index in [0.717, 1.165) is 31.4 Å². The van der Waals surface area contributed by atoms with Crippen molar-refractivity contribution in [3.63, 3.8) is 0 Å². The summed E-state index contributed by atoms with van der Waals surface area (Å²) in [4.78, 5) is 17.0. The molecule has 1 amide bonds. The van der Waals surface area contributed by atoms with Crippen LogP contribution in [0.4, 0.5) is 5.69 Å². The largest absolute Gasteiger partial charge is 0.324 e. The molecule has 0 bridgehead atoms. The molecule has 0 aliphatic heterocycles. The van der Waals surface area contributed by atoms with Crippen molar-refractivity contribution in [3.05, 3.63) is 23.5 Å². The fraction of sp³-hybridized carbons (Fsp3) is 0.625. The van der Waals surface area contributed by atoms with E-state index in [1.165, 1.54) is 36.9 Å². The monoisotopic (exact) mass is 256 g/mol. The van der Waals surface area contributed by atoms with Gasteiger partial charge in [-0.2, -0.15) is 0 Å². The standard InChI is InChI=1S/C16H20N2O/c19-15(16-7-2-1-5-12(16)9-16)18-13-8-11-4-3-6-14(11)17-10-13/h8,10,12H,1-7,9H2,(H,18,19). The van der Waals surface area contributed by atoms with Gasteiger partial charge in [-0.1, -0.05) is 12.8 Å². The van der Waals surface area contributed by atoms with Crippen LogP contribution in [0.1, 0.15) is 49.8 Å². The first-order chi connectivity index (χ1) is 9.28. The van der Waals surface area contributed by atoms with E-state index >= 15 is 0 Å². The first-order valence-corrected chi connectivity index (χ1v) is 7.57. The lowest BCUT2D eigenvalue weighted by molar-refractivity contribution is -0.122. The number of nitrogens with zero attached hydrogens (tertiary/aromatic N) is 1. The maximum Gasteiger partial charge on any atom is 0.230 e. The zero-order valence-corrected chi connectivity index (χ0v) is 11.2. The molecule has 0 spiro atoms. The molecular formula is C16H20N2O. The quantitative estimate of drug-likeness (QED) is 0.883. The summed E-state index contributed by atoms with van der Waals surface area (Å²) < 4.78 is 0. The number of carbonyl (C=O) groups excluding carboxylic acids is 1. The molecule has 0 saturated heterocycles. The summed E-state index contributed by atoms with van der Waals surface area (Å²) in [6, 6.07) is 2.13. The van der Waals surface area contributed by atoms with Crippen LogP contribution in [-0.4, -0.2) is 10.9 Å². The minimum Gasteiger partial charge on any atom is -0.324 e. The summed E-state index contributed by atoms with van der Waals surface area (Å²) in [5, 5.41) is 3.12. The minimum atomic E-state index is -0.0166. The molecule has 3 aliphatic rings. The van der Waals surface area contributed by atoms with Crippen LogP contribution in [0.2, 0.25) is 0 Å². The number of aryl methyl sites for hydroxylation is 2. The summed E-state index contributed by atoms with van der Waals surface area (Å²) >= 11 is 0.